The molecule has 1 N–H and O–H groups in total. The predicted molar refractivity (Wildman–Crippen MR) is 105 cm³/mol. The molecule has 0 bridgehead atoms. The zero-order valence-electron chi connectivity index (χ0n) is 15.6. The quantitative estimate of drug-likeness (QED) is 0.894. The third-order valence-electron chi connectivity index (χ3n) is 5.68. The number of carbonyl (C=O) groups excluding carboxylic acids is 1. The molecule has 26 heavy (non-hydrogen) atoms. The van der Waals surface area contributed by atoms with Crippen molar-refractivity contribution < 1.29 is 4.79 Å². The number of nitrogens with zero attached hydrogens (tertiary/aromatic N) is 2. The van der Waals surface area contributed by atoms with Gasteiger partial charge in [0.05, 0.1) is 6.04 Å². The molecule has 1 atom stereocenters. The number of carbonyl (C=O) groups is 1. The summed E-state index contributed by atoms with van der Waals surface area (Å²) in [5, 5.41) is 3.11. The number of rotatable bonds is 3. The van der Waals surface area contributed by atoms with Crippen LogP contribution in [0.3, 0.4) is 0 Å². The van der Waals surface area contributed by atoms with Crippen LogP contribution in [0.4, 0.5) is 10.5 Å². The first-order valence-electron chi connectivity index (χ1n) is 9.55. The highest BCUT2D eigenvalue weighted by atomic mass is 16.2. The fraction of sp³-hybridized carbons (Fsp3) is 0.409. The van der Waals surface area contributed by atoms with Gasteiger partial charge in [-0.3, -0.25) is 4.90 Å². The topological polar surface area (TPSA) is 35.6 Å². The van der Waals surface area contributed by atoms with Crippen molar-refractivity contribution in [1.82, 2.24) is 9.80 Å². The van der Waals surface area contributed by atoms with Crippen molar-refractivity contribution in [2.24, 2.45) is 0 Å². The molecule has 2 aromatic rings. The van der Waals surface area contributed by atoms with Gasteiger partial charge in [0.25, 0.3) is 0 Å². The van der Waals surface area contributed by atoms with Gasteiger partial charge < -0.3 is 10.2 Å². The zero-order chi connectivity index (χ0) is 18.1. The van der Waals surface area contributed by atoms with E-state index in [2.05, 4.69) is 54.4 Å². The van der Waals surface area contributed by atoms with Gasteiger partial charge in [0.1, 0.15) is 0 Å². The highest BCUT2D eigenvalue weighted by Gasteiger charge is 2.37. The van der Waals surface area contributed by atoms with Gasteiger partial charge in [-0.1, -0.05) is 36.4 Å². The Morgan fingerprint density at radius 3 is 2.46 bits per heavy atom. The molecule has 2 amide bonds. The summed E-state index contributed by atoms with van der Waals surface area (Å²) in [5.74, 6) is 0. The summed E-state index contributed by atoms with van der Waals surface area (Å²) in [4.78, 5) is 17.6. The Kier molecular flexibility index (Phi) is 4.68. The van der Waals surface area contributed by atoms with Crippen LogP contribution in [0.25, 0.3) is 0 Å². The molecule has 4 rings (SSSR count). The van der Waals surface area contributed by atoms with Crippen LogP contribution in [0.1, 0.15) is 35.6 Å². The Hall–Kier alpha value is -2.33. The van der Waals surface area contributed by atoms with Crippen molar-refractivity contribution in [2.75, 3.05) is 25.0 Å². The van der Waals surface area contributed by atoms with Gasteiger partial charge in [0.2, 0.25) is 0 Å². The Balaban J connectivity index is 1.54. The van der Waals surface area contributed by atoms with Gasteiger partial charge in [-0.25, -0.2) is 4.79 Å². The predicted octanol–water partition coefficient (Wildman–Crippen LogP) is 4.36. The fourth-order valence-corrected chi connectivity index (χ4v) is 3.79. The van der Waals surface area contributed by atoms with Gasteiger partial charge in [0.15, 0.2) is 0 Å². The van der Waals surface area contributed by atoms with Crippen LogP contribution >= 0.6 is 0 Å². The number of nitrogens with one attached hydrogen (secondary N) is 1. The first kappa shape index (κ1) is 17.1. The summed E-state index contributed by atoms with van der Waals surface area (Å²) >= 11 is 0. The molecule has 136 valence electrons. The second-order valence-corrected chi connectivity index (χ2v) is 7.58. The van der Waals surface area contributed by atoms with E-state index in [0.29, 0.717) is 0 Å². The molecular weight excluding hydrogens is 322 g/mol. The van der Waals surface area contributed by atoms with Gasteiger partial charge in [-0.05, 0) is 55.5 Å². The molecular formula is C22H27N3O. The van der Waals surface area contributed by atoms with E-state index in [9.17, 15) is 4.79 Å². The van der Waals surface area contributed by atoms with E-state index in [1.807, 2.05) is 23.1 Å². The second kappa shape index (κ2) is 7.12. The molecule has 0 spiro atoms. The monoisotopic (exact) mass is 349 g/mol. The molecule has 4 heteroatoms. The summed E-state index contributed by atoms with van der Waals surface area (Å²) in [7, 11) is 0. The number of urea groups is 1. The molecule has 2 aliphatic rings. The van der Waals surface area contributed by atoms with E-state index in [4.69, 9.17) is 0 Å². The van der Waals surface area contributed by atoms with Crippen LogP contribution in [0.2, 0.25) is 0 Å². The van der Waals surface area contributed by atoms with Crippen LogP contribution < -0.4 is 5.32 Å². The van der Waals surface area contributed by atoms with Crippen molar-refractivity contribution in [3.63, 3.8) is 0 Å². The maximum Gasteiger partial charge on any atom is 0.322 e. The average Bonchev–Trinajstić information content (AvgIpc) is 3.50. The number of aryl methyl sites for hydroxylation is 2. The van der Waals surface area contributed by atoms with Crippen LogP contribution in [0.15, 0.2) is 48.5 Å². The van der Waals surface area contributed by atoms with Crippen molar-refractivity contribution in [2.45, 2.75) is 38.8 Å². The number of piperazine rings is 1. The highest BCUT2D eigenvalue weighted by molar-refractivity contribution is 5.90. The van der Waals surface area contributed by atoms with Crippen LogP contribution in [0.5, 0.6) is 0 Å². The summed E-state index contributed by atoms with van der Waals surface area (Å²) in [5.41, 5.74) is 4.52. The maximum atomic E-state index is 13.0. The summed E-state index contributed by atoms with van der Waals surface area (Å²) in [6.45, 7) is 6.83. The lowest BCUT2D eigenvalue weighted by Gasteiger charge is -2.41. The van der Waals surface area contributed by atoms with Gasteiger partial charge >= 0.3 is 6.03 Å². The summed E-state index contributed by atoms with van der Waals surface area (Å²) < 4.78 is 0. The number of hydrogen-bond acceptors (Lipinski definition) is 2. The number of anilines is 1. The summed E-state index contributed by atoms with van der Waals surface area (Å²) in [6.07, 6.45) is 2.60. The van der Waals surface area contributed by atoms with E-state index in [0.717, 1.165) is 31.4 Å². The molecule has 2 aromatic carbocycles. The molecule has 1 saturated heterocycles. The molecule has 1 saturated carbocycles. The number of benzene rings is 2. The molecule has 2 fully saturated rings. The average molecular weight is 349 g/mol. The summed E-state index contributed by atoms with van der Waals surface area (Å²) in [6, 6.07) is 17.4. The lowest BCUT2D eigenvalue weighted by atomic mass is 10.0. The number of amides is 2. The first-order valence-corrected chi connectivity index (χ1v) is 9.55. The third kappa shape index (κ3) is 3.61. The van der Waals surface area contributed by atoms with Crippen LogP contribution in [-0.2, 0) is 0 Å². The zero-order valence-corrected chi connectivity index (χ0v) is 15.6. The van der Waals surface area contributed by atoms with E-state index in [1.165, 1.54) is 29.5 Å². The Morgan fingerprint density at radius 1 is 1.00 bits per heavy atom. The molecule has 0 aromatic heterocycles. The molecule has 1 aliphatic carbocycles. The minimum atomic E-state index is -0.00227. The lowest BCUT2D eigenvalue weighted by Crippen LogP contribution is -2.52. The lowest BCUT2D eigenvalue weighted by molar-refractivity contribution is 0.0954. The number of hydrogen-bond donors (Lipinski definition) is 1. The normalized spacial score (nSPS) is 20.8. The van der Waals surface area contributed by atoms with E-state index in [1.54, 1.807) is 0 Å². The van der Waals surface area contributed by atoms with Gasteiger partial charge in [-0.15, -0.1) is 0 Å². The highest BCUT2D eigenvalue weighted by Crippen LogP contribution is 2.33. The van der Waals surface area contributed by atoms with Gasteiger partial charge in [0, 0.05) is 31.4 Å². The molecule has 0 radical (unpaired) electrons. The smallest absolute Gasteiger partial charge is 0.315 e. The molecule has 1 aliphatic heterocycles. The van der Waals surface area contributed by atoms with E-state index < -0.39 is 0 Å². The Labute approximate surface area is 155 Å². The maximum absolute atomic E-state index is 13.0. The Morgan fingerprint density at radius 2 is 1.77 bits per heavy atom. The van der Waals surface area contributed by atoms with Gasteiger partial charge in [-0.2, -0.15) is 0 Å². The standard InChI is InChI=1S/C22H27N3O/c1-16-8-9-19(14-17(16)2)23-22(26)25-13-12-24(20-10-11-20)15-21(25)18-6-4-3-5-7-18/h3-9,14,20-21H,10-13,15H2,1-2H3,(H,23,26). The van der Waals surface area contributed by atoms with Crippen molar-refractivity contribution >= 4 is 11.7 Å². The van der Waals surface area contributed by atoms with Crippen molar-refractivity contribution in [3.05, 3.63) is 65.2 Å². The van der Waals surface area contributed by atoms with Crippen LogP contribution in [-0.4, -0.2) is 41.5 Å². The minimum absolute atomic E-state index is 0.00227. The molecule has 1 heterocycles. The molecule has 4 nitrogen and oxygen atoms in total. The molecule has 1 unspecified atom stereocenters. The van der Waals surface area contributed by atoms with Crippen LogP contribution in [0, 0.1) is 13.8 Å². The second-order valence-electron chi connectivity index (χ2n) is 7.58. The largest absolute Gasteiger partial charge is 0.322 e. The Bertz CT molecular complexity index is 785. The van der Waals surface area contributed by atoms with Crippen molar-refractivity contribution in [3.8, 4) is 0 Å². The van der Waals surface area contributed by atoms with Crippen molar-refractivity contribution in [1.29, 1.82) is 0 Å². The SMILES string of the molecule is Cc1ccc(NC(=O)N2CCN(C3CC3)CC2c2ccccc2)cc1C. The first-order chi connectivity index (χ1) is 12.6. The third-order valence-corrected chi connectivity index (χ3v) is 5.68. The van der Waals surface area contributed by atoms with E-state index >= 15 is 0 Å². The van der Waals surface area contributed by atoms with E-state index in [-0.39, 0.29) is 12.1 Å². The minimum Gasteiger partial charge on any atom is -0.315 e. The fourth-order valence-electron chi connectivity index (χ4n) is 3.79.